The standard InChI is InChI=1S/C17H29N3O2/c1-5-13(2)15-6-7-17(16(18-15)11-19(3)4)20-8-9-22-12-14(21)10-20/h6-7,13-14,21H,5,8-12H2,1-4H3. The highest BCUT2D eigenvalue weighted by molar-refractivity contribution is 5.52. The number of anilines is 1. The van der Waals surface area contributed by atoms with E-state index in [4.69, 9.17) is 9.72 Å². The molecule has 0 saturated carbocycles. The van der Waals surface area contributed by atoms with Gasteiger partial charge >= 0.3 is 0 Å². The number of pyridine rings is 1. The average molecular weight is 307 g/mol. The van der Waals surface area contributed by atoms with E-state index in [-0.39, 0.29) is 0 Å². The van der Waals surface area contributed by atoms with Crippen LogP contribution in [0.3, 0.4) is 0 Å². The summed E-state index contributed by atoms with van der Waals surface area (Å²) < 4.78 is 5.44. The molecule has 1 aliphatic heterocycles. The van der Waals surface area contributed by atoms with Gasteiger partial charge in [0.1, 0.15) is 0 Å². The van der Waals surface area contributed by atoms with Crippen LogP contribution in [0.2, 0.25) is 0 Å². The van der Waals surface area contributed by atoms with Crippen LogP contribution in [0.15, 0.2) is 12.1 Å². The molecule has 1 N–H and O–H groups in total. The Morgan fingerprint density at radius 1 is 1.45 bits per heavy atom. The molecule has 0 aromatic carbocycles. The van der Waals surface area contributed by atoms with Gasteiger partial charge in [0.25, 0.3) is 0 Å². The van der Waals surface area contributed by atoms with Gasteiger partial charge in [0.15, 0.2) is 0 Å². The number of nitrogens with zero attached hydrogens (tertiary/aromatic N) is 3. The normalized spacial score (nSPS) is 21.0. The first-order valence-electron chi connectivity index (χ1n) is 8.16. The van der Waals surface area contributed by atoms with Crippen LogP contribution in [0.5, 0.6) is 0 Å². The fraction of sp³-hybridized carbons (Fsp3) is 0.706. The van der Waals surface area contributed by atoms with Crippen molar-refractivity contribution in [1.82, 2.24) is 9.88 Å². The molecule has 1 aliphatic rings. The highest BCUT2D eigenvalue weighted by Gasteiger charge is 2.20. The van der Waals surface area contributed by atoms with E-state index in [9.17, 15) is 5.11 Å². The summed E-state index contributed by atoms with van der Waals surface area (Å²) >= 11 is 0. The zero-order valence-corrected chi connectivity index (χ0v) is 14.2. The summed E-state index contributed by atoms with van der Waals surface area (Å²) in [6.07, 6.45) is 0.647. The van der Waals surface area contributed by atoms with E-state index >= 15 is 0 Å². The molecule has 1 aromatic heterocycles. The Morgan fingerprint density at radius 2 is 2.23 bits per heavy atom. The molecule has 2 atom stereocenters. The smallest absolute Gasteiger partial charge is 0.0948 e. The number of ether oxygens (including phenoxy) is 1. The first kappa shape index (κ1) is 17.2. The minimum atomic E-state index is -0.441. The van der Waals surface area contributed by atoms with Crippen molar-refractivity contribution in [3.63, 3.8) is 0 Å². The van der Waals surface area contributed by atoms with Crippen molar-refractivity contribution >= 4 is 5.69 Å². The van der Waals surface area contributed by atoms with Gasteiger partial charge < -0.3 is 19.6 Å². The van der Waals surface area contributed by atoms with Crippen LogP contribution in [0, 0.1) is 0 Å². The number of aliphatic hydroxyl groups excluding tert-OH is 1. The molecule has 0 bridgehead atoms. The molecular formula is C17H29N3O2. The maximum atomic E-state index is 9.98. The van der Waals surface area contributed by atoms with Crippen molar-refractivity contribution < 1.29 is 9.84 Å². The van der Waals surface area contributed by atoms with E-state index in [0.717, 1.165) is 36.6 Å². The van der Waals surface area contributed by atoms with Gasteiger partial charge in [-0.2, -0.15) is 0 Å². The van der Waals surface area contributed by atoms with Gasteiger partial charge in [0, 0.05) is 25.3 Å². The summed E-state index contributed by atoms with van der Waals surface area (Å²) in [6.45, 7) is 7.66. The number of rotatable bonds is 5. The van der Waals surface area contributed by atoms with Gasteiger partial charge in [-0.3, -0.25) is 4.98 Å². The quantitative estimate of drug-likeness (QED) is 0.900. The monoisotopic (exact) mass is 307 g/mol. The second-order valence-electron chi connectivity index (χ2n) is 6.42. The average Bonchev–Trinajstić information content (AvgIpc) is 2.70. The molecule has 0 spiro atoms. The molecule has 5 heteroatoms. The molecule has 124 valence electrons. The Labute approximate surface area is 133 Å². The zero-order chi connectivity index (χ0) is 16.1. The van der Waals surface area contributed by atoms with Crippen LogP contribution >= 0.6 is 0 Å². The van der Waals surface area contributed by atoms with Crippen molar-refractivity contribution in [2.45, 2.75) is 38.8 Å². The molecule has 22 heavy (non-hydrogen) atoms. The maximum Gasteiger partial charge on any atom is 0.0948 e. The number of β-amino-alcohol motifs (C(OH)–C–C–N with tert-alkyl or cyclic N) is 1. The summed E-state index contributed by atoms with van der Waals surface area (Å²) in [7, 11) is 4.11. The molecule has 0 amide bonds. The molecule has 2 heterocycles. The lowest BCUT2D eigenvalue weighted by Gasteiger charge is -2.27. The largest absolute Gasteiger partial charge is 0.389 e. The Hall–Kier alpha value is -1.17. The van der Waals surface area contributed by atoms with Crippen molar-refractivity contribution in [2.75, 3.05) is 45.3 Å². The van der Waals surface area contributed by atoms with Crippen LogP contribution in [0.25, 0.3) is 0 Å². The van der Waals surface area contributed by atoms with Gasteiger partial charge in [0.2, 0.25) is 0 Å². The Kier molecular flexibility index (Phi) is 6.17. The third-order valence-electron chi connectivity index (χ3n) is 4.14. The molecule has 0 radical (unpaired) electrons. The van der Waals surface area contributed by atoms with E-state index < -0.39 is 6.10 Å². The van der Waals surface area contributed by atoms with E-state index in [0.29, 0.717) is 25.7 Å². The molecular weight excluding hydrogens is 278 g/mol. The third kappa shape index (κ3) is 4.41. The first-order valence-corrected chi connectivity index (χ1v) is 8.16. The van der Waals surface area contributed by atoms with Gasteiger partial charge in [0.05, 0.1) is 30.7 Å². The van der Waals surface area contributed by atoms with Gasteiger partial charge in [-0.1, -0.05) is 13.8 Å². The minimum absolute atomic E-state index is 0.415. The number of hydrogen-bond acceptors (Lipinski definition) is 5. The predicted octanol–water partition coefficient (Wildman–Crippen LogP) is 1.85. The highest BCUT2D eigenvalue weighted by atomic mass is 16.5. The Bertz CT molecular complexity index is 479. The number of hydrogen-bond donors (Lipinski definition) is 1. The molecule has 1 fully saturated rings. The molecule has 1 saturated heterocycles. The van der Waals surface area contributed by atoms with Gasteiger partial charge in [-0.25, -0.2) is 0 Å². The van der Waals surface area contributed by atoms with Gasteiger partial charge in [-0.15, -0.1) is 0 Å². The van der Waals surface area contributed by atoms with Crippen LogP contribution in [0.1, 0.15) is 37.6 Å². The lowest BCUT2D eigenvalue weighted by molar-refractivity contribution is 0.0597. The van der Waals surface area contributed by atoms with E-state index in [1.165, 1.54) is 0 Å². The predicted molar refractivity (Wildman–Crippen MR) is 89.4 cm³/mol. The fourth-order valence-electron chi connectivity index (χ4n) is 2.71. The SMILES string of the molecule is CCC(C)c1ccc(N2CCOCC(O)C2)c(CN(C)C)n1. The summed E-state index contributed by atoms with van der Waals surface area (Å²) in [6, 6.07) is 4.28. The Balaban J connectivity index is 2.31. The number of aliphatic hydroxyl groups is 1. The lowest BCUT2D eigenvalue weighted by atomic mass is 10.0. The van der Waals surface area contributed by atoms with Crippen LogP contribution in [0.4, 0.5) is 5.69 Å². The minimum Gasteiger partial charge on any atom is -0.389 e. The first-order chi connectivity index (χ1) is 10.5. The Morgan fingerprint density at radius 3 is 2.91 bits per heavy atom. The van der Waals surface area contributed by atoms with Crippen molar-refractivity contribution in [3.05, 3.63) is 23.5 Å². The molecule has 2 rings (SSSR count). The van der Waals surface area contributed by atoms with Crippen LogP contribution in [-0.4, -0.2) is 61.5 Å². The third-order valence-corrected chi connectivity index (χ3v) is 4.14. The summed E-state index contributed by atoms with van der Waals surface area (Å²) in [5, 5.41) is 9.98. The number of aromatic nitrogens is 1. The van der Waals surface area contributed by atoms with Gasteiger partial charge in [-0.05, 0) is 38.6 Å². The second-order valence-corrected chi connectivity index (χ2v) is 6.42. The molecule has 1 aromatic rings. The van der Waals surface area contributed by atoms with E-state index in [1.54, 1.807) is 0 Å². The topological polar surface area (TPSA) is 48.8 Å². The zero-order valence-electron chi connectivity index (χ0n) is 14.2. The molecule has 0 aliphatic carbocycles. The second kappa shape index (κ2) is 7.90. The van der Waals surface area contributed by atoms with Crippen molar-refractivity contribution in [1.29, 1.82) is 0 Å². The molecule has 5 nitrogen and oxygen atoms in total. The summed E-state index contributed by atoms with van der Waals surface area (Å²) in [5.74, 6) is 0.466. The van der Waals surface area contributed by atoms with Crippen molar-refractivity contribution in [2.24, 2.45) is 0 Å². The van der Waals surface area contributed by atoms with Crippen molar-refractivity contribution in [3.8, 4) is 0 Å². The van der Waals surface area contributed by atoms with Crippen LogP contribution in [-0.2, 0) is 11.3 Å². The summed E-state index contributed by atoms with van der Waals surface area (Å²) in [5.41, 5.74) is 3.34. The highest BCUT2D eigenvalue weighted by Crippen LogP contribution is 2.25. The van der Waals surface area contributed by atoms with E-state index in [1.807, 2.05) is 0 Å². The lowest BCUT2D eigenvalue weighted by Crippen LogP contribution is -2.34. The summed E-state index contributed by atoms with van der Waals surface area (Å²) in [4.78, 5) is 9.24. The van der Waals surface area contributed by atoms with E-state index in [2.05, 4.69) is 49.9 Å². The fourth-order valence-corrected chi connectivity index (χ4v) is 2.71. The maximum absolute atomic E-state index is 9.98. The van der Waals surface area contributed by atoms with Crippen LogP contribution < -0.4 is 4.90 Å². The molecule has 2 unspecified atom stereocenters.